The minimum absolute atomic E-state index is 0.123. The average molecular weight is 326 g/mol. The number of carbonyl (C=O) groups excluding carboxylic acids is 1. The molecular weight excluding hydrogens is 308 g/mol. The normalized spacial score (nSPS) is 13.3. The first-order valence-electron chi connectivity index (χ1n) is 7.64. The number of methoxy groups -OCH3 is 1. The summed E-state index contributed by atoms with van der Waals surface area (Å²) in [6.07, 6.45) is 3.50. The van der Waals surface area contributed by atoms with Crippen molar-refractivity contribution in [2.75, 3.05) is 13.7 Å². The number of hydrogen-bond acceptors (Lipinski definition) is 4. The average Bonchev–Trinajstić information content (AvgIpc) is 2.59. The summed E-state index contributed by atoms with van der Waals surface area (Å²) in [6.45, 7) is 2.73. The summed E-state index contributed by atoms with van der Waals surface area (Å²) >= 11 is 0. The smallest absolute Gasteiger partial charge is 0.337 e. The van der Waals surface area contributed by atoms with Gasteiger partial charge in [0, 0.05) is 25.5 Å². The lowest BCUT2D eigenvalue weighted by Gasteiger charge is -2.29. The van der Waals surface area contributed by atoms with Gasteiger partial charge in [-0.2, -0.15) is 0 Å². The van der Waals surface area contributed by atoms with Crippen LogP contribution in [0.2, 0.25) is 0 Å². The zero-order valence-electron chi connectivity index (χ0n) is 13.6. The quantitative estimate of drug-likeness (QED) is 0.936. The summed E-state index contributed by atoms with van der Waals surface area (Å²) in [4.78, 5) is 29.9. The van der Waals surface area contributed by atoms with Crippen molar-refractivity contribution in [3.8, 4) is 5.75 Å². The maximum atomic E-state index is 12.9. The van der Waals surface area contributed by atoms with Gasteiger partial charge in [0.15, 0.2) is 0 Å². The third-order valence-corrected chi connectivity index (χ3v) is 4.24. The lowest BCUT2D eigenvalue weighted by atomic mass is 9.96. The number of carbonyl (C=O) groups is 2. The number of fused-ring (bicyclic) bond motifs is 1. The number of rotatable bonds is 3. The van der Waals surface area contributed by atoms with Crippen LogP contribution in [0.5, 0.6) is 5.75 Å². The molecule has 0 atom stereocenters. The van der Waals surface area contributed by atoms with Crippen LogP contribution in [-0.2, 0) is 13.0 Å². The molecule has 24 heavy (non-hydrogen) atoms. The van der Waals surface area contributed by atoms with Crippen molar-refractivity contribution < 1.29 is 19.4 Å². The highest BCUT2D eigenvalue weighted by Gasteiger charge is 2.26. The van der Waals surface area contributed by atoms with Crippen LogP contribution >= 0.6 is 0 Å². The summed E-state index contributed by atoms with van der Waals surface area (Å²) < 4.78 is 5.29. The number of ether oxygens (including phenoxy) is 1. The van der Waals surface area contributed by atoms with Crippen molar-refractivity contribution in [3.63, 3.8) is 0 Å². The van der Waals surface area contributed by atoms with E-state index in [0.29, 0.717) is 30.8 Å². The Morgan fingerprint density at radius 2 is 2.04 bits per heavy atom. The highest BCUT2D eigenvalue weighted by atomic mass is 16.5. The molecule has 0 saturated carbocycles. The first-order valence-corrected chi connectivity index (χ1v) is 7.64. The first-order chi connectivity index (χ1) is 11.5. The third-order valence-electron chi connectivity index (χ3n) is 4.24. The zero-order valence-corrected chi connectivity index (χ0v) is 13.6. The molecule has 6 nitrogen and oxygen atoms in total. The fourth-order valence-corrected chi connectivity index (χ4v) is 3.01. The Kier molecular flexibility index (Phi) is 4.20. The third kappa shape index (κ3) is 2.82. The Balaban J connectivity index is 1.91. The van der Waals surface area contributed by atoms with E-state index in [4.69, 9.17) is 4.74 Å². The van der Waals surface area contributed by atoms with E-state index < -0.39 is 5.97 Å². The van der Waals surface area contributed by atoms with Crippen molar-refractivity contribution in [2.24, 2.45) is 0 Å². The maximum Gasteiger partial charge on any atom is 0.337 e. The lowest BCUT2D eigenvalue weighted by molar-refractivity contribution is 0.0693. The number of hydrogen-bond donors (Lipinski definition) is 1. The number of nitrogens with zero attached hydrogens (tertiary/aromatic N) is 2. The Hall–Kier alpha value is -2.89. The van der Waals surface area contributed by atoms with E-state index in [1.807, 2.05) is 19.1 Å². The second-order valence-electron chi connectivity index (χ2n) is 5.81. The SMILES string of the molecule is COc1ccc(C)cc1C(=O)N1CCc2c(cncc2C(=O)O)C1. The van der Waals surface area contributed by atoms with Gasteiger partial charge in [-0.15, -0.1) is 0 Å². The minimum Gasteiger partial charge on any atom is -0.496 e. The predicted molar refractivity (Wildman–Crippen MR) is 87.4 cm³/mol. The van der Waals surface area contributed by atoms with Crippen molar-refractivity contribution in [1.82, 2.24) is 9.88 Å². The Bertz CT molecular complexity index is 817. The predicted octanol–water partition coefficient (Wildman–Crippen LogP) is 2.30. The molecule has 0 unspecified atom stereocenters. The van der Waals surface area contributed by atoms with Crippen LogP contribution in [0.1, 0.15) is 37.4 Å². The Morgan fingerprint density at radius 3 is 2.75 bits per heavy atom. The van der Waals surface area contributed by atoms with E-state index in [-0.39, 0.29) is 11.5 Å². The minimum atomic E-state index is -0.987. The first kappa shape index (κ1) is 16.0. The Morgan fingerprint density at radius 1 is 1.25 bits per heavy atom. The molecule has 0 fully saturated rings. The van der Waals surface area contributed by atoms with Crippen LogP contribution in [0.3, 0.4) is 0 Å². The summed E-state index contributed by atoms with van der Waals surface area (Å²) in [6, 6.07) is 5.48. The maximum absolute atomic E-state index is 12.9. The molecule has 6 heteroatoms. The van der Waals surface area contributed by atoms with Crippen LogP contribution in [0.15, 0.2) is 30.6 Å². The molecule has 1 aliphatic rings. The van der Waals surface area contributed by atoms with Gasteiger partial charge in [0.25, 0.3) is 5.91 Å². The number of aryl methyl sites for hydroxylation is 1. The number of aromatic carboxylic acids is 1. The highest BCUT2D eigenvalue weighted by Crippen LogP contribution is 2.26. The topological polar surface area (TPSA) is 79.7 Å². The number of pyridine rings is 1. The van der Waals surface area contributed by atoms with Gasteiger partial charge in [-0.3, -0.25) is 9.78 Å². The van der Waals surface area contributed by atoms with Crippen LogP contribution in [0.4, 0.5) is 0 Å². The number of benzene rings is 1. The molecule has 0 spiro atoms. The van der Waals surface area contributed by atoms with E-state index in [1.165, 1.54) is 13.3 Å². The van der Waals surface area contributed by atoms with Crippen molar-refractivity contribution in [1.29, 1.82) is 0 Å². The summed E-state index contributed by atoms with van der Waals surface area (Å²) in [5.74, 6) is -0.574. The van der Waals surface area contributed by atoms with Gasteiger partial charge in [-0.1, -0.05) is 11.6 Å². The van der Waals surface area contributed by atoms with Crippen LogP contribution in [0.25, 0.3) is 0 Å². The van der Waals surface area contributed by atoms with Gasteiger partial charge in [-0.05, 0) is 36.6 Å². The molecule has 1 aliphatic heterocycles. The number of amides is 1. The summed E-state index contributed by atoms with van der Waals surface area (Å²) in [5.41, 5.74) is 3.25. The molecule has 1 aromatic heterocycles. The van der Waals surface area contributed by atoms with Crippen LogP contribution < -0.4 is 4.74 Å². The van der Waals surface area contributed by atoms with Gasteiger partial charge in [-0.25, -0.2) is 4.79 Å². The highest BCUT2D eigenvalue weighted by molar-refractivity contribution is 5.97. The molecule has 3 rings (SSSR count). The second-order valence-corrected chi connectivity index (χ2v) is 5.81. The fraction of sp³-hybridized carbons (Fsp3) is 0.278. The molecule has 0 aliphatic carbocycles. The molecule has 0 radical (unpaired) electrons. The molecule has 1 aromatic carbocycles. The van der Waals surface area contributed by atoms with Crippen LogP contribution in [-0.4, -0.2) is 40.5 Å². The molecular formula is C18H18N2O4. The van der Waals surface area contributed by atoms with Crippen molar-refractivity contribution >= 4 is 11.9 Å². The van der Waals surface area contributed by atoms with Crippen molar-refractivity contribution in [3.05, 3.63) is 58.4 Å². The molecule has 1 amide bonds. The molecule has 1 N–H and O–H groups in total. The van der Waals surface area contributed by atoms with Gasteiger partial charge >= 0.3 is 5.97 Å². The second kappa shape index (κ2) is 6.31. The van der Waals surface area contributed by atoms with E-state index in [1.54, 1.807) is 17.2 Å². The van der Waals surface area contributed by atoms with Crippen LogP contribution in [0, 0.1) is 6.92 Å². The standard InChI is InChI=1S/C18H18N2O4/c1-11-3-4-16(24-2)14(7-11)17(21)20-6-5-13-12(10-20)8-19-9-15(13)18(22)23/h3-4,7-9H,5-6,10H2,1-2H3,(H,22,23). The fourth-order valence-electron chi connectivity index (χ4n) is 3.01. The Labute approximate surface area is 139 Å². The van der Waals surface area contributed by atoms with E-state index in [9.17, 15) is 14.7 Å². The van der Waals surface area contributed by atoms with Gasteiger partial charge in [0.05, 0.1) is 18.2 Å². The number of aromatic nitrogens is 1. The van der Waals surface area contributed by atoms with Crippen molar-refractivity contribution in [2.45, 2.75) is 19.9 Å². The zero-order chi connectivity index (χ0) is 17.3. The monoisotopic (exact) mass is 326 g/mol. The molecule has 0 saturated heterocycles. The van der Waals surface area contributed by atoms with Gasteiger partial charge in [0.2, 0.25) is 0 Å². The van der Waals surface area contributed by atoms with E-state index >= 15 is 0 Å². The molecule has 2 aromatic rings. The molecule has 0 bridgehead atoms. The van der Waals surface area contributed by atoms with E-state index in [2.05, 4.69) is 4.98 Å². The largest absolute Gasteiger partial charge is 0.496 e. The van der Waals surface area contributed by atoms with E-state index in [0.717, 1.165) is 16.7 Å². The van der Waals surface area contributed by atoms with Gasteiger partial charge < -0.3 is 14.7 Å². The number of carboxylic acids is 1. The molecule has 2 heterocycles. The summed E-state index contributed by atoms with van der Waals surface area (Å²) in [7, 11) is 1.54. The lowest BCUT2D eigenvalue weighted by Crippen LogP contribution is -2.37. The van der Waals surface area contributed by atoms with Gasteiger partial charge in [0.1, 0.15) is 5.75 Å². The molecule has 124 valence electrons. The number of carboxylic acid groups (broad SMARTS) is 1. The summed E-state index contributed by atoms with van der Waals surface area (Å²) in [5, 5.41) is 9.26.